The van der Waals surface area contributed by atoms with Crippen LogP contribution in [0.5, 0.6) is 0 Å². The van der Waals surface area contributed by atoms with Crippen molar-refractivity contribution in [2.45, 2.75) is 32.4 Å². The van der Waals surface area contributed by atoms with Crippen LogP contribution >= 0.6 is 22.7 Å². The topological polar surface area (TPSA) is 58.0 Å². The molecular weight excluding hydrogens is 409 g/mol. The van der Waals surface area contributed by atoms with Crippen LogP contribution in [0.2, 0.25) is 0 Å². The number of aromatic nitrogens is 4. The monoisotopic (exact) mass is 428 g/mol. The highest BCUT2D eigenvalue weighted by molar-refractivity contribution is 7.18. The first-order chi connectivity index (χ1) is 13.4. The Bertz CT molecular complexity index is 961. The molecule has 0 N–H and O–H groups in total. The first-order valence-electron chi connectivity index (χ1n) is 9.02. The van der Waals surface area contributed by atoms with Crippen molar-refractivity contribution in [2.24, 2.45) is 0 Å². The minimum absolute atomic E-state index is 0.314. The molecule has 1 aliphatic heterocycles. The molecule has 1 aliphatic rings. The van der Waals surface area contributed by atoms with Gasteiger partial charge in [0.25, 0.3) is 0 Å². The molecule has 1 atom stereocenters. The van der Waals surface area contributed by atoms with E-state index in [1.54, 1.807) is 17.7 Å². The first-order valence-corrected chi connectivity index (χ1v) is 10.6. The van der Waals surface area contributed by atoms with Crippen molar-refractivity contribution in [3.8, 4) is 0 Å². The average molecular weight is 429 g/mol. The maximum atomic E-state index is 12.8. The normalized spacial score (nSPS) is 16.8. The number of anilines is 2. The van der Waals surface area contributed by atoms with Crippen LogP contribution in [0.1, 0.15) is 36.1 Å². The van der Waals surface area contributed by atoms with Crippen molar-refractivity contribution in [3.05, 3.63) is 22.3 Å². The minimum atomic E-state index is -4.45. The number of hydrogen-bond acceptors (Lipinski definition) is 8. The number of thiophene rings is 1. The van der Waals surface area contributed by atoms with Gasteiger partial charge in [-0.2, -0.15) is 13.2 Å². The SMILES string of the molecule is CCC(C)c1cc2c(N3CCN(c4nnc(C(F)(F)F)s4)CC3)ncnc2s1. The molecule has 4 heterocycles. The van der Waals surface area contributed by atoms with Crippen LogP contribution in [0.25, 0.3) is 10.2 Å². The predicted octanol–water partition coefficient (Wildman–Crippen LogP) is 4.40. The van der Waals surface area contributed by atoms with E-state index < -0.39 is 11.2 Å². The van der Waals surface area contributed by atoms with E-state index in [-0.39, 0.29) is 0 Å². The molecule has 1 fully saturated rings. The number of fused-ring (bicyclic) bond motifs is 1. The predicted molar refractivity (Wildman–Crippen MR) is 105 cm³/mol. The van der Waals surface area contributed by atoms with E-state index in [9.17, 15) is 13.2 Å². The summed E-state index contributed by atoms with van der Waals surface area (Å²) in [6, 6.07) is 2.18. The zero-order valence-corrected chi connectivity index (χ0v) is 17.0. The van der Waals surface area contributed by atoms with Crippen LogP contribution in [0.4, 0.5) is 24.1 Å². The van der Waals surface area contributed by atoms with Crippen molar-refractivity contribution in [1.29, 1.82) is 0 Å². The summed E-state index contributed by atoms with van der Waals surface area (Å²) in [5, 5.41) is 7.45. The molecule has 1 unspecified atom stereocenters. The molecule has 28 heavy (non-hydrogen) atoms. The van der Waals surface area contributed by atoms with Gasteiger partial charge in [-0.25, -0.2) is 9.97 Å². The zero-order chi connectivity index (χ0) is 19.9. The second-order valence-electron chi connectivity index (χ2n) is 6.74. The number of hydrogen-bond donors (Lipinski definition) is 0. The van der Waals surface area contributed by atoms with Gasteiger partial charge in [0.1, 0.15) is 17.0 Å². The summed E-state index contributed by atoms with van der Waals surface area (Å²) in [6.07, 6.45) is -1.80. The van der Waals surface area contributed by atoms with Gasteiger partial charge in [-0.15, -0.1) is 21.5 Å². The number of halogens is 3. The van der Waals surface area contributed by atoms with Gasteiger partial charge in [0.15, 0.2) is 0 Å². The molecule has 150 valence electrons. The Hall–Kier alpha value is -2.01. The third-order valence-electron chi connectivity index (χ3n) is 4.93. The van der Waals surface area contributed by atoms with Gasteiger partial charge in [-0.3, -0.25) is 0 Å². The fraction of sp³-hybridized carbons (Fsp3) is 0.529. The van der Waals surface area contributed by atoms with Crippen molar-refractivity contribution in [2.75, 3.05) is 36.0 Å². The Morgan fingerprint density at radius 1 is 1.07 bits per heavy atom. The lowest BCUT2D eigenvalue weighted by Crippen LogP contribution is -2.46. The lowest BCUT2D eigenvalue weighted by Gasteiger charge is -2.35. The number of nitrogens with zero attached hydrogens (tertiary/aromatic N) is 6. The summed E-state index contributed by atoms with van der Waals surface area (Å²) >= 11 is 2.29. The van der Waals surface area contributed by atoms with Gasteiger partial charge in [0.2, 0.25) is 10.1 Å². The highest BCUT2D eigenvalue weighted by atomic mass is 32.1. The van der Waals surface area contributed by atoms with E-state index in [1.165, 1.54) is 4.88 Å². The van der Waals surface area contributed by atoms with Crippen LogP contribution in [-0.2, 0) is 6.18 Å². The summed E-state index contributed by atoms with van der Waals surface area (Å²) < 4.78 is 38.3. The molecule has 0 aliphatic carbocycles. The number of rotatable bonds is 4. The average Bonchev–Trinajstić information content (AvgIpc) is 3.34. The Morgan fingerprint density at radius 3 is 2.43 bits per heavy atom. The van der Waals surface area contributed by atoms with Crippen molar-refractivity contribution >= 4 is 43.8 Å². The van der Waals surface area contributed by atoms with Crippen LogP contribution in [-0.4, -0.2) is 46.3 Å². The Labute approximate surface area is 168 Å². The molecule has 0 saturated carbocycles. The molecule has 0 radical (unpaired) electrons. The fourth-order valence-electron chi connectivity index (χ4n) is 3.13. The molecule has 3 aromatic heterocycles. The fourth-order valence-corrected chi connectivity index (χ4v) is 5.02. The van der Waals surface area contributed by atoms with Crippen LogP contribution in [0.3, 0.4) is 0 Å². The summed E-state index contributed by atoms with van der Waals surface area (Å²) in [5.74, 6) is 1.37. The van der Waals surface area contributed by atoms with Gasteiger partial charge in [0.05, 0.1) is 5.39 Å². The summed E-state index contributed by atoms with van der Waals surface area (Å²) in [7, 11) is 0. The van der Waals surface area contributed by atoms with E-state index in [2.05, 4.69) is 45.0 Å². The molecule has 1 saturated heterocycles. The van der Waals surface area contributed by atoms with Crippen LogP contribution in [0, 0.1) is 0 Å². The molecule has 11 heteroatoms. The summed E-state index contributed by atoms with van der Waals surface area (Å²) in [4.78, 5) is 15.2. The molecule has 0 aromatic carbocycles. The minimum Gasteiger partial charge on any atom is -0.352 e. The van der Waals surface area contributed by atoms with Crippen molar-refractivity contribution in [1.82, 2.24) is 20.2 Å². The van der Waals surface area contributed by atoms with E-state index in [1.807, 2.05) is 4.90 Å². The standard InChI is InChI=1S/C17H19F3N6S2/c1-3-10(2)12-8-11-13(21-9-22-14(11)27-12)25-4-6-26(7-5-25)16-24-23-15(28-16)17(18,19)20/h8-10H,3-7H2,1-2H3. The molecule has 0 amide bonds. The van der Waals surface area contributed by atoms with E-state index >= 15 is 0 Å². The third-order valence-corrected chi connectivity index (χ3v) is 7.24. The maximum absolute atomic E-state index is 12.8. The van der Waals surface area contributed by atoms with E-state index in [0.717, 1.165) is 22.5 Å². The number of alkyl halides is 3. The summed E-state index contributed by atoms with van der Waals surface area (Å²) in [6.45, 7) is 6.82. The van der Waals surface area contributed by atoms with E-state index in [4.69, 9.17) is 0 Å². The van der Waals surface area contributed by atoms with E-state index in [0.29, 0.717) is 48.6 Å². The van der Waals surface area contributed by atoms with Crippen molar-refractivity contribution in [3.63, 3.8) is 0 Å². The van der Waals surface area contributed by atoms with Crippen LogP contribution < -0.4 is 9.80 Å². The Balaban J connectivity index is 1.51. The molecule has 4 rings (SSSR count). The maximum Gasteiger partial charge on any atom is 0.445 e. The second-order valence-corrected chi connectivity index (χ2v) is 8.75. The van der Waals surface area contributed by atoms with Gasteiger partial charge in [-0.05, 0) is 18.4 Å². The lowest BCUT2D eigenvalue weighted by atomic mass is 10.1. The first kappa shape index (κ1) is 19.3. The highest BCUT2D eigenvalue weighted by Gasteiger charge is 2.36. The largest absolute Gasteiger partial charge is 0.445 e. The molecule has 3 aromatic rings. The van der Waals surface area contributed by atoms with Gasteiger partial charge in [0, 0.05) is 31.1 Å². The lowest BCUT2D eigenvalue weighted by molar-refractivity contribution is -0.138. The number of piperazine rings is 1. The quantitative estimate of drug-likeness (QED) is 0.614. The molecule has 6 nitrogen and oxygen atoms in total. The van der Waals surface area contributed by atoms with Gasteiger partial charge in [-0.1, -0.05) is 25.2 Å². The van der Waals surface area contributed by atoms with Gasteiger partial charge < -0.3 is 9.80 Å². The Kier molecular flexibility index (Phi) is 5.13. The second kappa shape index (κ2) is 7.43. The smallest absolute Gasteiger partial charge is 0.352 e. The van der Waals surface area contributed by atoms with Crippen molar-refractivity contribution < 1.29 is 13.2 Å². The molecule has 0 spiro atoms. The molecular formula is C17H19F3N6S2. The third kappa shape index (κ3) is 3.64. The highest BCUT2D eigenvalue weighted by Crippen LogP contribution is 2.37. The Morgan fingerprint density at radius 2 is 1.79 bits per heavy atom. The summed E-state index contributed by atoms with van der Waals surface area (Å²) in [5.41, 5.74) is 0. The van der Waals surface area contributed by atoms with Crippen LogP contribution in [0.15, 0.2) is 12.4 Å². The van der Waals surface area contributed by atoms with Gasteiger partial charge >= 0.3 is 6.18 Å². The zero-order valence-electron chi connectivity index (χ0n) is 15.4. The molecule has 0 bridgehead atoms.